The highest BCUT2D eigenvalue weighted by Gasteiger charge is 2.29. The summed E-state index contributed by atoms with van der Waals surface area (Å²) in [7, 11) is 0. The van der Waals surface area contributed by atoms with E-state index in [2.05, 4.69) is 15.3 Å². The average Bonchev–Trinajstić information content (AvgIpc) is 2.18. The number of rotatable bonds is 3. The van der Waals surface area contributed by atoms with E-state index in [0.29, 0.717) is 0 Å². The summed E-state index contributed by atoms with van der Waals surface area (Å²) in [6.45, 7) is 2.80. The van der Waals surface area contributed by atoms with E-state index < -0.39 is 17.4 Å². The number of nitrogens with zero attached hydrogens (tertiary/aromatic N) is 2. The van der Waals surface area contributed by atoms with Gasteiger partial charge in [0, 0.05) is 12.4 Å². The van der Waals surface area contributed by atoms with E-state index in [-0.39, 0.29) is 5.56 Å². The second-order valence-electron chi connectivity index (χ2n) is 3.51. The summed E-state index contributed by atoms with van der Waals surface area (Å²) in [6.07, 6.45) is 3.93. The molecule has 0 bridgehead atoms. The number of carbonyl (C=O) groups excluding carboxylic acids is 1. The molecule has 1 heterocycles. The van der Waals surface area contributed by atoms with E-state index in [0.717, 1.165) is 0 Å². The summed E-state index contributed by atoms with van der Waals surface area (Å²) >= 11 is 0. The number of carboxylic acids is 1. The van der Waals surface area contributed by atoms with Gasteiger partial charge in [0.15, 0.2) is 0 Å². The van der Waals surface area contributed by atoms with Crippen molar-refractivity contribution in [3.63, 3.8) is 0 Å². The zero-order chi connectivity index (χ0) is 11.5. The zero-order valence-electron chi connectivity index (χ0n) is 8.39. The van der Waals surface area contributed by atoms with Crippen LogP contribution in [0.2, 0.25) is 0 Å². The molecule has 0 saturated carbocycles. The molecule has 0 radical (unpaired) electrons. The van der Waals surface area contributed by atoms with Crippen LogP contribution in [-0.4, -0.2) is 32.5 Å². The van der Waals surface area contributed by atoms with Gasteiger partial charge in [-0.3, -0.25) is 4.79 Å². The summed E-state index contributed by atoms with van der Waals surface area (Å²) in [5.41, 5.74) is -1.08. The molecule has 0 fully saturated rings. The van der Waals surface area contributed by atoms with Gasteiger partial charge in [0.2, 0.25) is 0 Å². The molecule has 0 aromatic carbocycles. The van der Waals surface area contributed by atoms with Gasteiger partial charge in [0.05, 0.1) is 5.56 Å². The minimum atomic E-state index is -1.31. The lowest BCUT2D eigenvalue weighted by Crippen LogP contribution is -2.49. The van der Waals surface area contributed by atoms with Crippen molar-refractivity contribution in [2.24, 2.45) is 0 Å². The van der Waals surface area contributed by atoms with Crippen LogP contribution in [0.1, 0.15) is 24.2 Å². The first-order valence-electron chi connectivity index (χ1n) is 4.24. The normalized spacial score (nSPS) is 10.8. The van der Waals surface area contributed by atoms with Gasteiger partial charge in [-0.2, -0.15) is 0 Å². The standard InChI is InChI=1S/C9H11N3O3/c1-9(2,8(14)15)12-7(13)6-3-10-5-11-4-6/h3-5H,1-2H3,(H,12,13)(H,14,15). The summed E-state index contributed by atoms with van der Waals surface area (Å²) in [4.78, 5) is 29.6. The molecule has 1 aromatic heterocycles. The molecule has 2 N–H and O–H groups in total. The molecule has 0 spiro atoms. The van der Waals surface area contributed by atoms with Crippen LogP contribution in [0.4, 0.5) is 0 Å². The maximum atomic E-state index is 11.5. The van der Waals surface area contributed by atoms with Crippen LogP contribution in [0, 0.1) is 0 Å². The number of carbonyl (C=O) groups is 2. The van der Waals surface area contributed by atoms with Crippen molar-refractivity contribution < 1.29 is 14.7 Å². The monoisotopic (exact) mass is 209 g/mol. The van der Waals surface area contributed by atoms with Crippen molar-refractivity contribution in [2.45, 2.75) is 19.4 Å². The van der Waals surface area contributed by atoms with E-state index in [9.17, 15) is 9.59 Å². The third-order valence-electron chi connectivity index (χ3n) is 1.78. The lowest BCUT2D eigenvalue weighted by molar-refractivity contribution is -0.143. The Hall–Kier alpha value is -1.98. The van der Waals surface area contributed by atoms with Gasteiger partial charge in [0.25, 0.3) is 5.91 Å². The lowest BCUT2D eigenvalue weighted by atomic mass is 10.1. The predicted octanol–water partition coefficient (Wildman–Crippen LogP) is 0.0696. The second-order valence-corrected chi connectivity index (χ2v) is 3.51. The molecule has 0 unspecified atom stereocenters. The fourth-order valence-electron chi connectivity index (χ4n) is 0.826. The highest BCUT2D eigenvalue weighted by molar-refractivity contribution is 5.97. The van der Waals surface area contributed by atoms with E-state index in [4.69, 9.17) is 5.11 Å². The fourth-order valence-corrected chi connectivity index (χ4v) is 0.826. The Labute approximate surface area is 86.4 Å². The quantitative estimate of drug-likeness (QED) is 0.734. The first kappa shape index (κ1) is 11.1. The fraction of sp³-hybridized carbons (Fsp3) is 0.333. The summed E-state index contributed by atoms with van der Waals surface area (Å²) in [5.74, 6) is -1.62. The number of nitrogens with one attached hydrogen (secondary N) is 1. The van der Waals surface area contributed by atoms with Crippen LogP contribution >= 0.6 is 0 Å². The van der Waals surface area contributed by atoms with Gasteiger partial charge in [0.1, 0.15) is 11.9 Å². The Balaban J connectivity index is 2.77. The van der Waals surface area contributed by atoms with Crippen LogP contribution < -0.4 is 5.32 Å². The van der Waals surface area contributed by atoms with Gasteiger partial charge in [-0.1, -0.05) is 0 Å². The Bertz CT molecular complexity index is 375. The molecule has 15 heavy (non-hydrogen) atoms. The maximum Gasteiger partial charge on any atom is 0.328 e. The predicted molar refractivity (Wildman–Crippen MR) is 51.2 cm³/mol. The largest absolute Gasteiger partial charge is 0.480 e. The summed E-state index contributed by atoms with van der Waals surface area (Å²) in [5, 5.41) is 11.1. The molecule has 1 amide bonds. The Morgan fingerprint density at radius 1 is 1.33 bits per heavy atom. The maximum absolute atomic E-state index is 11.5. The first-order valence-corrected chi connectivity index (χ1v) is 4.24. The van der Waals surface area contributed by atoms with Crippen LogP contribution in [-0.2, 0) is 4.79 Å². The topological polar surface area (TPSA) is 92.2 Å². The Morgan fingerprint density at radius 2 is 1.87 bits per heavy atom. The number of carboxylic acid groups (broad SMARTS) is 1. The van der Waals surface area contributed by atoms with Gasteiger partial charge in [-0.25, -0.2) is 14.8 Å². The molecule has 0 aliphatic rings. The van der Waals surface area contributed by atoms with Crippen molar-refractivity contribution in [1.29, 1.82) is 0 Å². The number of aliphatic carboxylic acids is 1. The van der Waals surface area contributed by atoms with Gasteiger partial charge >= 0.3 is 5.97 Å². The number of amides is 1. The highest BCUT2D eigenvalue weighted by Crippen LogP contribution is 2.04. The molecule has 0 atom stereocenters. The number of aromatic nitrogens is 2. The third-order valence-corrected chi connectivity index (χ3v) is 1.78. The summed E-state index contributed by atoms with van der Waals surface area (Å²) in [6, 6.07) is 0. The molecule has 0 aliphatic carbocycles. The van der Waals surface area contributed by atoms with Crippen LogP contribution in [0.5, 0.6) is 0 Å². The smallest absolute Gasteiger partial charge is 0.328 e. The molecule has 6 heteroatoms. The molecule has 0 saturated heterocycles. The van der Waals surface area contributed by atoms with Gasteiger partial charge < -0.3 is 10.4 Å². The number of hydrogen-bond donors (Lipinski definition) is 2. The summed E-state index contributed by atoms with van der Waals surface area (Å²) < 4.78 is 0. The van der Waals surface area contributed by atoms with Crippen LogP contribution in [0.15, 0.2) is 18.7 Å². The van der Waals surface area contributed by atoms with Gasteiger partial charge in [-0.05, 0) is 13.8 Å². The Kier molecular flexibility index (Phi) is 2.99. The SMILES string of the molecule is CC(C)(NC(=O)c1cncnc1)C(=O)O. The molecule has 0 aliphatic heterocycles. The van der Waals surface area contributed by atoms with Crippen LogP contribution in [0.25, 0.3) is 0 Å². The molecule has 1 rings (SSSR count). The van der Waals surface area contributed by atoms with E-state index in [1.165, 1.54) is 32.6 Å². The second kappa shape index (κ2) is 4.04. The zero-order valence-corrected chi connectivity index (χ0v) is 8.39. The molecular weight excluding hydrogens is 198 g/mol. The molecule has 6 nitrogen and oxygen atoms in total. The third kappa shape index (κ3) is 2.73. The van der Waals surface area contributed by atoms with Crippen LogP contribution in [0.3, 0.4) is 0 Å². The van der Waals surface area contributed by atoms with Crippen molar-refractivity contribution in [1.82, 2.24) is 15.3 Å². The van der Waals surface area contributed by atoms with E-state index in [1.54, 1.807) is 0 Å². The minimum Gasteiger partial charge on any atom is -0.480 e. The highest BCUT2D eigenvalue weighted by atomic mass is 16.4. The molecular formula is C9H11N3O3. The average molecular weight is 209 g/mol. The molecule has 80 valence electrons. The number of hydrogen-bond acceptors (Lipinski definition) is 4. The van der Waals surface area contributed by atoms with Crippen molar-refractivity contribution in [3.05, 3.63) is 24.3 Å². The lowest BCUT2D eigenvalue weighted by Gasteiger charge is -2.20. The molecule has 1 aromatic rings. The Morgan fingerprint density at radius 3 is 2.33 bits per heavy atom. The van der Waals surface area contributed by atoms with Gasteiger partial charge in [-0.15, -0.1) is 0 Å². The first-order chi connectivity index (χ1) is 6.93. The van der Waals surface area contributed by atoms with E-state index in [1.807, 2.05) is 0 Å². The minimum absolute atomic E-state index is 0.229. The van der Waals surface area contributed by atoms with Crippen molar-refractivity contribution in [3.8, 4) is 0 Å². The van der Waals surface area contributed by atoms with E-state index >= 15 is 0 Å². The van der Waals surface area contributed by atoms with Crippen molar-refractivity contribution >= 4 is 11.9 Å². The van der Waals surface area contributed by atoms with Crippen molar-refractivity contribution in [2.75, 3.05) is 0 Å².